The van der Waals surface area contributed by atoms with Crippen LogP contribution < -0.4 is 0 Å². The van der Waals surface area contributed by atoms with E-state index in [-0.39, 0.29) is 0 Å². The van der Waals surface area contributed by atoms with Gasteiger partial charge in [0.2, 0.25) is 0 Å². The van der Waals surface area contributed by atoms with Gasteiger partial charge in [0.15, 0.2) is 0 Å². The van der Waals surface area contributed by atoms with Crippen molar-refractivity contribution in [2.45, 2.75) is 19.3 Å². The highest BCUT2D eigenvalue weighted by molar-refractivity contribution is 5.57. The molecule has 1 aromatic rings. The van der Waals surface area contributed by atoms with Gasteiger partial charge >= 0.3 is 0 Å². The topological polar surface area (TPSA) is 32.6 Å². The van der Waals surface area contributed by atoms with Crippen molar-refractivity contribution in [3.05, 3.63) is 35.9 Å². The van der Waals surface area contributed by atoms with Gasteiger partial charge < -0.3 is 5.21 Å². The fourth-order valence-corrected chi connectivity index (χ4v) is 1.12. The quantitative estimate of drug-likeness (QED) is 0.414. The first-order chi connectivity index (χ1) is 5.84. The second kappa shape index (κ2) is 4.54. The van der Waals surface area contributed by atoms with Crippen LogP contribution in [0, 0.1) is 0 Å². The van der Waals surface area contributed by atoms with Crippen LogP contribution in [0.2, 0.25) is 0 Å². The second-order valence-corrected chi connectivity index (χ2v) is 2.85. The molecule has 1 aromatic carbocycles. The van der Waals surface area contributed by atoms with Crippen LogP contribution in [0.1, 0.15) is 24.8 Å². The standard InChI is InChI=1S/C10H13NO/c1-9(7-8-11-12)10-5-3-2-4-6-10/h2-6,8-9,12H,7H2,1H3/b11-8+. The summed E-state index contributed by atoms with van der Waals surface area (Å²) in [5.74, 6) is 0.419. The minimum absolute atomic E-state index is 0.419. The molecular weight excluding hydrogens is 150 g/mol. The summed E-state index contributed by atoms with van der Waals surface area (Å²) >= 11 is 0. The van der Waals surface area contributed by atoms with Crippen LogP contribution in [0.15, 0.2) is 35.5 Å². The lowest BCUT2D eigenvalue weighted by molar-refractivity contribution is 0.320. The number of hydrogen-bond donors (Lipinski definition) is 1. The maximum Gasteiger partial charge on any atom is 0.0441 e. The van der Waals surface area contributed by atoms with E-state index in [1.165, 1.54) is 11.8 Å². The molecule has 0 saturated carbocycles. The van der Waals surface area contributed by atoms with E-state index in [1.807, 2.05) is 18.2 Å². The first kappa shape index (κ1) is 8.78. The summed E-state index contributed by atoms with van der Waals surface area (Å²) < 4.78 is 0. The second-order valence-electron chi connectivity index (χ2n) is 2.85. The summed E-state index contributed by atoms with van der Waals surface area (Å²) in [5.41, 5.74) is 1.28. The molecule has 2 heteroatoms. The smallest absolute Gasteiger partial charge is 0.0441 e. The molecule has 0 saturated heterocycles. The fraction of sp³-hybridized carbons (Fsp3) is 0.300. The van der Waals surface area contributed by atoms with E-state index in [1.54, 1.807) is 0 Å². The average molecular weight is 163 g/mol. The molecule has 0 amide bonds. The minimum atomic E-state index is 0.419. The highest BCUT2D eigenvalue weighted by Crippen LogP contribution is 2.16. The molecule has 0 aliphatic carbocycles. The average Bonchev–Trinajstić information content (AvgIpc) is 2.15. The molecule has 0 aliphatic heterocycles. The fourth-order valence-electron chi connectivity index (χ4n) is 1.12. The van der Waals surface area contributed by atoms with Crippen molar-refractivity contribution < 1.29 is 5.21 Å². The summed E-state index contributed by atoms with van der Waals surface area (Å²) in [6, 6.07) is 10.2. The van der Waals surface area contributed by atoms with Crippen molar-refractivity contribution in [2.75, 3.05) is 0 Å². The van der Waals surface area contributed by atoms with Crippen LogP contribution in [0.25, 0.3) is 0 Å². The Balaban J connectivity index is 2.59. The zero-order valence-electron chi connectivity index (χ0n) is 7.14. The molecule has 0 spiro atoms. The maximum atomic E-state index is 8.23. The van der Waals surface area contributed by atoms with Crippen LogP contribution in [0.4, 0.5) is 0 Å². The Morgan fingerprint density at radius 3 is 2.67 bits per heavy atom. The Hall–Kier alpha value is -1.31. The molecule has 1 unspecified atom stereocenters. The van der Waals surface area contributed by atoms with E-state index in [0.29, 0.717) is 5.92 Å². The molecule has 0 radical (unpaired) electrons. The Bertz CT molecular complexity index is 243. The molecular formula is C10H13NO. The van der Waals surface area contributed by atoms with Crippen molar-refractivity contribution in [1.82, 2.24) is 0 Å². The van der Waals surface area contributed by atoms with Crippen molar-refractivity contribution in [3.8, 4) is 0 Å². The SMILES string of the molecule is CC(C/C=N/O)c1ccccc1. The van der Waals surface area contributed by atoms with Crippen molar-refractivity contribution in [3.63, 3.8) is 0 Å². The van der Waals surface area contributed by atoms with Gasteiger partial charge in [-0.25, -0.2) is 0 Å². The molecule has 2 nitrogen and oxygen atoms in total. The third-order valence-electron chi connectivity index (χ3n) is 1.91. The van der Waals surface area contributed by atoms with Crippen molar-refractivity contribution in [1.29, 1.82) is 0 Å². The number of oxime groups is 1. The molecule has 0 aliphatic rings. The minimum Gasteiger partial charge on any atom is -0.411 e. The molecule has 0 aromatic heterocycles. The summed E-state index contributed by atoms with van der Waals surface area (Å²) in [7, 11) is 0. The predicted octanol–water partition coefficient (Wildman–Crippen LogP) is 2.64. The van der Waals surface area contributed by atoms with E-state index >= 15 is 0 Å². The van der Waals surface area contributed by atoms with Crippen molar-refractivity contribution >= 4 is 6.21 Å². The zero-order chi connectivity index (χ0) is 8.81. The summed E-state index contributed by atoms with van der Waals surface area (Å²) in [5, 5.41) is 11.2. The Kier molecular flexibility index (Phi) is 3.33. The third-order valence-corrected chi connectivity index (χ3v) is 1.91. The van der Waals surface area contributed by atoms with Gasteiger partial charge in [-0.05, 0) is 17.9 Å². The highest BCUT2D eigenvalue weighted by atomic mass is 16.4. The summed E-state index contributed by atoms with van der Waals surface area (Å²) in [4.78, 5) is 0. The van der Waals surface area contributed by atoms with E-state index in [0.717, 1.165) is 6.42 Å². The number of hydrogen-bond acceptors (Lipinski definition) is 2. The molecule has 1 atom stereocenters. The first-order valence-electron chi connectivity index (χ1n) is 4.05. The van der Waals surface area contributed by atoms with Crippen LogP contribution in [0.5, 0.6) is 0 Å². The Morgan fingerprint density at radius 1 is 1.42 bits per heavy atom. The predicted molar refractivity (Wildman–Crippen MR) is 49.8 cm³/mol. The monoisotopic (exact) mass is 163 g/mol. The summed E-state index contributed by atoms with van der Waals surface area (Å²) in [6.07, 6.45) is 2.30. The summed E-state index contributed by atoms with van der Waals surface area (Å²) in [6.45, 7) is 2.11. The van der Waals surface area contributed by atoms with Gasteiger partial charge in [0.1, 0.15) is 0 Å². The lowest BCUT2D eigenvalue weighted by atomic mass is 9.99. The van der Waals surface area contributed by atoms with E-state index in [2.05, 4.69) is 24.2 Å². The van der Waals surface area contributed by atoms with Gasteiger partial charge in [-0.1, -0.05) is 37.3 Å². The Morgan fingerprint density at radius 2 is 2.08 bits per heavy atom. The molecule has 0 fully saturated rings. The van der Waals surface area contributed by atoms with Crippen LogP contribution in [-0.4, -0.2) is 11.4 Å². The van der Waals surface area contributed by atoms with Gasteiger partial charge in [-0.2, -0.15) is 0 Å². The lowest BCUT2D eigenvalue weighted by Gasteiger charge is -2.06. The third kappa shape index (κ3) is 2.38. The molecule has 64 valence electrons. The van der Waals surface area contributed by atoms with E-state index in [4.69, 9.17) is 5.21 Å². The first-order valence-corrected chi connectivity index (χ1v) is 4.05. The maximum absolute atomic E-state index is 8.23. The van der Waals surface area contributed by atoms with Gasteiger partial charge in [-0.3, -0.25) is 0 Å². The number of nitrogens with zero attached hydrogens (tertiary/aromatic N) is 1. The van der Waals surface area contributed by atoms with Crippen LogP contribution in [0.3, 0.4) is 0 Å². The van der Waals surface area contributed by atoms with Gasteiger partial charge in [0, 0.05) is 6.21 Å². The van der Waals surface area contributed by atoms with Crippen LogP contribution >= 0.6 is 0 Å². The zero-order valence-corrected chi connectivity index (χ0v) is 7.14. The lowest BCUT2D eigenvalue weighted by Crippen LogP contribution is -1.93. The molecule has 1 rings (SSSR count). The molecule has 1 N–H and O–H groups in total. The van der Waals surface area contributed by atoms with Gasteiger partial charge in [0.05, 0.1) is 0 Å². The van der Waals surface area contributed by atoms with Gasteiger partial charge in [-0.15, -0.1) is 5.16 Å². The Labute approximate surface area is 72.5 Å². The van der Waals surface area contributed by atoms with Crippen LogP contribution in [-0.2, 0) is 0 Å². The van der Waals surface area contributed by atoms with E-state index in [9.17, 15) is 0 Å². The highest BCUT2D eigenvalue weighted by Gasteiger charge is 2.01. The van der Waals surface area contributed by atoms with Crippen molar-refractivity contribution in [2.24, 2.45) is 5.16 Å². The normalized spacial score (nSPS) is 13.4. The van der Waals surface area contributed by atoms with E-state index < -0.39 is 0 Å². The van der Waals surface area contributed by atoms with Gasteiger partial charge in [0.25, 0.3) is 0 Å². The molecule has 0 bridgehead atoms. The number of rotatable bonds is 3. The number of benzene rings is 1. The molecule has 0 heterocycles. The largest absolute Gasteiger partial charge is 0.411 e. The molecule has 12 heavy (non-hydrogen) atoms.